The van der Waals surface area contributed by atoms with E-state index in [1.54, 1.807) is 11.3 Å². The smallest absolute Gasteiger partial charge is 0.225 e. The number of aromatic nitrogens is 2. The summed E-state index contributed by atoms with van der Waals surface area (Å²) in [6, 6.07) is 2.16. The van der Waals surface area contributed by atoms with E-state index in [1.807, 2.05) is 7.05 Å². The summed E-state index contributed by atoms with van der Waals surface area (Å²) in [5.74, 6) is 2.02. The van der Waals surface area contributed by atoms with E-state index in [2.05, 4.69) is 33.2 Å². The normalized spacial score (nSPS) is 19.6. The lowest BCUT2D eigenvalue weighted by molar-refractivity contribution is 0.208. The second-order valence-electron chi connectivity index (χ2n) is 5.33. The molecule has 0 radical (unpaired) electrons. The first-order chi connectivity index (χ1) is 9.71. The third-order valence-corrected chi connectivity index (χ3v) is 4.74. The largest absolute Gasteiger partial charge is 0.396 e. The molecule has 2 aromatic heterocycles. The molecule has 0 aromatic carbocycles. The Morgan fingerprint density at radius 1 is 1.50 bits per heavy atom. The Hall–Kier alpha value is -1.40. The average molecular weight is 292 g/mol. The maximum atomic E-state index is 9.40. The molecule has 0 spiro atoms. The Balaban J connectivity index is 2.04. The standard InChI is InChI=1S/C14H20N4OS/c1-9-6-11-12(16-14(15-2)17-13(11)20-9)18-5-3-4-10(7-18)8-19/h6,10,19H,3-5,7-8H2,1-2H3,(H,15,16,17). The lowest BCUT2D eigenvalue weighted by Gasteiger charge is -2.33. The number of aliphatic hydroxyl groups is 1. The van der Waals surface area contributed by atoms with Gasteiger partial charge in [-0.3, -0.25) is 0 Å². The van der Waals surface area contributed by atoms with Crippen LogP contribution in [0.3, 0.4) is 0 Å². The summed E-state index contributed by atoms with van der Waals surface area (Å²) >= 11 is 1.70. The Kier molecular flexibility index (Phi) is 3.76. The molecule has 1 aliphatic rings. The van der Waals surface area contributed by atoms with Crippen molar-refractivity contribution >= 4 is 33.3 Å². The van der Waals surface area contributed by atoms with E-state index in [0.717, 1.165) is 42.0 Å². The number of piperidine rings is 1. The SMILES string of the molecule is CNc1nc(N2CCCC(CO)C2)c2cc(C)sc2n1. The van der Waals surface area contributed by atoms with Gasteiger partial charge in [-0.1, -0.05) is 0 Å². The Morgan fingerprint density at radius 2 is 2.35 bits per heavy atom. The van der Waals surface area contributed by atoms with Crippen LogP contribution in [-0.2, 0) is 0 Å². The van der Waals surface area contributed by atoms with E-state index in [1.165, 1.54) is 4.88 Å². The summed E-state index contributed by atoms with van der Waals surface area (Å²) in [5.41, 5.74) is 0. The minimum absolute atomic E-state index is 0.256. The van der Waals surface area contributed by atoms with E-state index >= 15 is 0 Å². The van der Waals surface area contributed by atoms with Crippen molar-refractivity contribution in [1.82, 2.24) is 9.97 Å². The van der Waals surface area contributed by atoms with Crippen LogP contribution < -0.4 is 10.2 Å². The zero-order valence-corrected chi connectivity index (χ0v) is 12.7. The van der Waals surface area contributed by atoms with Crippen LogP contribution in [0.15, 0.2) is 6.07 Å². The maximum absolute atomic E-state index is 9.40. The van der Waals surface area contributed by atoms with Gasteiger partial charge in [-0.2, -0.15) is 4.98 Å². The predicted molar refractivity (Wildman–Crippen MR) is 83.7 cm³/mol. The van der Waals surface area contributed by atoms with E-state index < -0.39 is 0 Å². The molecule has 0 bridgehead atoms. The summed E-state index contributed by atoms with van der Waals surface area (Å²) < 4.78 is 0. The summed E-state index contributed by atoms with van der Waals surface area (Å²) in [4.78, 5) is 13.8. The highest BCUT2D eigenvalue weighted by atomic mass is 32.1. The fourth-order valence-corrected chi connectivity index (χ4v) is 3.66. The molecule has 0 amide bonds. The predicted octanol–water partition coefficient (Wildman–Crippen LogP) is 2.25. The molecule has 1 unspecified atom stereocenters. The molecular formula is C14H20N4OS. The highest BCUT2D eigenvalue weighted by molar-refractivity contribution is 7.18. The second kappa shape index (κ2) is 5.54. The monoisotopic (exact) mass is 292 g/mol. The third-order valence-electron chi connectivity index (χ3n) is 3.80. The van der Waals surface area contributed by atoms with Crippen LogP contribution in [-0.4, -0.2) is 41.8 Å². The molecule has 108 valence electrons. The Labute approximate surface area is 122 Å². The number of hydrogen-bond donors (Lipinski definition) is 2. The number of nitrogens with one attached hydrogen (secondary N) is 1. The molecule has 6 heteroatoms. The lowest BCUT2D eigenvalue weighted by Crippen LogP contribution is -2.37. The van der Waals surface area contributed by atoms with Crippen molar-refractivity contribution in [1.29, 1.82) is 0 Å². The number of aryl methyl sites for hydroxylation is 1. The fraction of sp³-hybridized carbons (Fsp3) is 0.571. The molecule has 1 saturated heterocycles. The van der Waals surface area contributed by atoms with Crippen LogP contribution in [0.2, 0.25) is 0 Å². The van der Waals surface area contributed by atoms with Crippen molar-refractivity contribution in [2.45, 2.75) is 19.8 Å². The van der Waals surface area contributed by atoms with E-state index in [9.17, 15) is 5.11 Å². The quantitative estimate of drug-likeness (QED) is 0.908. The number of nitrogens with zero attached hydrogens (tertiary/aromatic N) is 3. The molecule has 20 heavy (non-hydrogen) atoms. The molecule has 3 rings (SSSR count). The van der Waals surface area contributed by atoms with Gasteiger partial charge in [0.15, 0.2) is 0 Å². The molecule has 1 fully saturated rings. The number of rotatable bonds is 3. The topological polar surface area (TPSA) is 61.3 Å². The molecule has 5 nitrogen and oxygen atoms in total. The van der Waals surface area contributed by atoms with Gasteiger partial charge in [0, 0.05) is 31.6 Å². The molecule has 1 aliphatic heterocycles. The van der Waals surface area contributed by atoms with Gasteiger partial charge in [0.1, 0.15) is 10.6 Å². The van der Waals surface area contributed by atoms with E-state index in [4.69, 9.17) is 0 Å². The van der Waals surface area contributed by atoms with Crippen molar-refractivity contribution in [3.8, 4) is 0 Å². The van der Waals surface area contributed by atoms with Gasteiger partial charge in [-0.15, -0.1) is 11.3 Å². The lowest BCUT2D eigenvalue weighted by atomic mass is 9.99. The zero-order valence-electron chi connectivity index (χ0n) is 11.9. The van der Waals surface area contributed by atoms with E-state index in [0.29, 0.717) is 11.9 Å². The molecule has 0 saturated carbocycles. The van der Waals surface area contributed by atoms with Crippen molar-refractivity contribution in [3.63, 3.8) is 0 Å². The van der Waals surface area contributed by atoms with Gasteiger partial charge in [-0.05, 0) is 31.7 Å². The summed E-state index contributed by atoms with van der Waals surface area (Å²) in [6.07, 6.45) is 2.21. The van der Waals surface area contributed by atoms with Gasteiger partial charge in [0.25, 0.3) is 0 Å². The zero-order chi connectivity index (χ0) is 14.1. The minimum Gasteiger partial charge on any atom is -0.396 e. The number of aliphatic hydroxyl groups excluding tert-OH is 1. The average Bonchev–Trinajstić information content (AvgIpc) is 2.86. The van der Waals surface area contributed by atoms with E-state index in [-0.39, 0.29) is 6.61 Å². The first-order valence-electron chi connectivity index (χ1n) is 7.03. The van der Waals surface area contributed by atoms with Gasteiger partial charge >= 0.3 is 0 Å². The molecule has 3 heterocycles. The summed E-state index contributed by atoms with van der Waals surface area (Å²) in [7, 11) is 1.85. The fourth-order valence-electron chi connectivity index (χ4n) is 2.79. The van der Waals surface area contributed by atoms with Crippen LogP contribution in [0.25, 0.3) is 10.2 Å². The van der Waals surface area contributed by atoms with Crippen LogP contribution in [0.5, 0.6) is 0 Å². The van der Waals surface area contributed by atoms with Gasteiger partial charge in [0.05, 0.1) is 5.39 Å². The molecular weight excluding hydrogens is 272 g/mol. The molecule has 1 atom stereocenters. The number of anilines is 2. The molecule has 2 aromatic rings. The highest BCUT2D eigenvalue weighted by Gasteiger charge is 2.23. The first-order valence-corrected chi connectivity index (χ1v) is 7.84. The van der Waals surface area contributed by atoms with Crippen molar-refractivity contribution in [3.05, 3.63) is 10.9 Å². The van der Waals surface area contributed by atoms with Crippen molar-refractivity contribution in [2.75, 3.05) is 37.0 Å². The number of hydrogen-bond acceptors (Lipinski definition) is 6. The maximum Gasteiger partial charge on any atom is 0.225 e. The Morgan fingerprint density at radius 3 is 3.10 bits per heavy atom. The van der Waals surface area contributed by atoms with Crippen LogP contribution >= 0.6 is 11.3 Å². The van der Waals surface area contributed by atoms with Gasteiger partial charge < -0.3 is 15.3 Å². The van der Waals surface area contributed by atoms with Crippen molar-refractivity contribution < 1.29 is 5.11 Å². The number of fused-ring (bicyclic) bond motifs is 1. The van der Waals surface area contributed by atoms with Gasteiger partial charge in [-0.25, -0.2) is 4.98 Å². The molecule has 2 N–H and O–H groups in total. The Bertz CT molecular complexity index is 612. The summed E-state index contributed by atoms with van der Waals surface area (Å²) in [5, 5.41) is 13.6. The minimum atomic E-state index is 0.256. The van der Waals surface area contributed by atoms with Crippen LogP contribution in [0, 0.1) is 12.8 Å². The second-order valence-corrected chi connectivity index (χ2v) is 6.57. The summed E-state index contributed by atoms with van der Waals surface area (Å²) in [6.45, 7) is 4.23. The molecule has 0 aliphatic carbocycles. The van der Waals surface area contributed by atoms with Crippen LogP contribution in [0.1, 0.15) is 17.7 Å². The van der Waals surface area contributed by atoms with Crippen LogP contribution in [0.4, 0.5) is 11.8 Å². The first kappa shape index (κ1) is 13.6. The third kappa shape index (κ3) is 2.45. The van der Waals surface area contributed by atoms with Crippen molar-refractivity contribution in [2.24, 2.45) is 5.92 Å². The number of thiophene rings is 1. The highest BCUT2D eigenvalue weighted by Crippen LogP contribution is 2.33. The van der Waals surface area contributed by atoms with Gasteiger partial charge in [0.2, 0.25) is 5.95 Å².